The van der Waals surface area contributed by atoms with Crippen molar-refractivity contribution in [2.45, 2.75) is 10.6 Å². The molecule has 12 heteroatoms. The van der Waals surface area contributed by atoms with Crippen molar-refractivity contribution in [1.82, 2.24) is 9.21 Å². The van der Waals surface area contributed by atoms with E-state index < -0.39 is 15.7 Å². The van der Waals surface area contributed by atoms with Crippen LogP contribution >= 0.6 is 40.3 Å². The lowest BCUT2D eigenvalue weighted by Gasteiger charge is -2.31. The van der Waals surface area contributed by atoms with Crippen molar-refractivity contribution in [3.8, 4) is 11.5 Å². The molecule has 0 aromatic heterocycles. The molecule has 2 aromatic rings. The van der Waals surface area contributed by atoms with Crippen LogP contribution in [0.15, 0.2) is 46.3 Å². The topological polar surface area (TPSA) is 91.7 Å². The van der Waals surface area contributed by atoms with Gasteiger partial charge in [-0.15, -0.1) is 17.0 Å². The van der Waals surface area contributed by atoms with Gasteiger partial charge in [-0.3, -0.25) is 0 Å². The van der Waals surface area contributed by atoms with E-state index in [1.54, 1.807) is 30.1 Å². The zero-order valence-corrected chi connectivity index (χ0v) is 21.7. The van der Waals surface area contributed by atoms with Crippen LogP contribution in [-0.4, -0.2) is 68.0 Å². The second-order valence-electron chi connectivity index (χ2n) is 7.32. The molecule has 2 aliphatic heterocycles. The first-order chi connectivity index (χ1) is 14.6. The van der Waals surface area contributed by atoms with Gasteiger partial charge in [-0.2, -0.15) is 0 Å². The standard InChI is InChI=1S/C20H22ClN3O5S2.BrH/c1-23(2)31(26,27)18-10-13(4-6-15(18)21)20(25)12-30-19(24(20)3)22-14-5-7-16-17(11-14)29-9-8-28-16;/h4-7,10-11,25H,8-9,12H2,1-3H3;1H/b22-19+;. The van der Waals surface area contributed by atoms with E-state index in [0.717, 1.165) is 4.31 Å². The molecule has 1 saturated heterocycles. The van der Waals surface area contributed by atoms with Crippen LogP contribution in [0.2, 0.25) is 5.02 Å². The zero-order valence-electron chi connectivity index (χ0n) is 17.6. The first-order valence-electron chi connectivity index (χ1n) is 9.43. The third-order valence-corrected chi connectivity index (χ3v) is 8.61. The summed E-state index contributed by atoms with van der Waals surface area (Å²) in [6, 6.07) is 9.94. The van der Waals surface area contributed by atoms with Crippen molar-refractivity contribution in [2.75, 3.05) is 40.1 Å². The molecule has 4 rings (SSSR count). The van der Waals surface area contributed by atoms with Gasteiger partial charge < -0.3 is 19.5 Å². The summed E-state index contributed by atoms with van der Waals surface area (Å²) in [6.45, 7) is 0.995. The van der Waals surface area contributed by atoms with E-state index in [9.17, 15) is 13.5 Å². The maximum absolute atomic E-state index is 12.6. The third-order valence-electron chi connectivity index (χ3n) is 5.15. The molecule has 1 unspecified atom stereocenters. The van der Waals surface area contributed by atoms with Crippen molar-refractivity contribution in [3.05, 3.63) is 47.0 Å². The maximum atomic E-state index is 12.6. The highest BCUT2D eigenvalue weighted by atomic mass is 79.9. The normalized spacial score (nSPS) is 21.7. The van der Waals surface area contributed by atoms with Crippen molar-refractivity contribution in [1.29, 1.82) is 0 Å². The number of aliphatic imine (C=N–C) groups is 1. The fourth-order valence-corrected chi connectivity index (χ4v) is 5.86. The van der Waals surface area contributed by atoms with Gasteiger partial charge in [0, 0.05) is 32.8 Å². The molecular weight excluding hydrogens is 542 g/mol. The van der Waals surface area contributed by atoms with Crippen molar-refractivity contribution < 1.29 is 23.0 Å². The Hall–Kier alpha value is -1.50. The molecule has 0 radical (unpaired) electrons. The summed E-state index contributed by atoms with van der Waals surface area (Å²) in [7, 11) is 0.815. The predicted octanol–water partition coefficient (Wildman–Crippen LogP) is 3.45. The van der Waals surface area contributed by atoms with Gasteiger partial charge in [0.05, 0.1) is 16.5 Å². The van der Waals surface area contributed by atoms with E-state index in [-0.39, 0.29) is 32.7 Å². The molecule has 2 aromatic carbocycles. The lowest BCUT2D eigenvalue weighted by molar-refractivity contribution is -0.0349. The van der Waals surface area contributed by atoms with Gasteiger partial charge in [-0.05, 0) is 24.3 Å². The minimum absolute atomic E-state index is 0. The highest BCUT2D eigenvalue weighted by molar-refractivity contribution is 8.93. The van der Waals surface area contributed by atoms with Gasteiger partial charge in [0.1, 0.15) is 18.1 Å². The highest BCUT2D eigenvalue weighted by Crippen LogP contribution is 2.41. The number of aliphatic hydroxyl groups is 1. The first-order valence-corrected chi connectivity index (χ1v) is 12.2. The lowest BCUT2D eigenvalue weighted by Crippen LogP contribution is -2.42. The second kappa shape index (κ2) is 9.40. The number of hydrogen-bond acceptors (Lipinski definition) is 7. The SMILES string of the molecule is Br.CN1/C(=N\c2ccc3c(c2)OCCO3)SCC1(O)c1ccc(Cl)c(S(=O)(=O)N(C)C)c1. The van der Waals surface area contributed by atoms with E-state index in [2.05, 4.69) is 4.99 Å². The van der Waals surface area contributed by atoms with Crippen LogP contribution < -0.4 is 9.47 Å². The number of hydrogen-bond donors (Lipinski definition) is 1. The fourth-order valence-electron chi connectivity index (χ4n) is 3.26. The van der Waals surface area contributed by atoms with Crippen molar-refractivity contribution >= 4 is 61.2 Å². The van der Waals surface area contributed by atoms with Crippen LogP contribution in [0.5, 0.6) is 11.5 Å². The number of nitrogens with zero attached hydrogens (tertiary/aromatic N) is 3. The molecule has 2 heterocycles. The number of fused-ring (bicyclic) bond motifs is 1. The van der Waals surface area contributed by atoms with Crippen molar-refractivity contribution in [3.63, 3.8) is 0 Å². The first kappa shape index (κ1) is 25.1. The van der Waals surface area contributed by atoms with Crippen LogP contribution in [0, 0.1) is 0 Å². The van der Waals surface area contributed by atoms with E-state index in [1.807, 2.05) is 6.07 Å². The molecule has 1 atom stereocenters. The van der Waals surface area contributed by atoms with Crippen LogP contribution in [-0.2, 0) is 15.7 Å². The predicted molar refractivity (Wildman–Crippen MR) is 131 cm³/mol. The maximum Gasteiger partial charge on any atom is 0.244 e. The zero-order chi connectivity index (χ0) is 22.4. The molecule has 0 spiro atoms. The van der Waals surface area contributed by atoms with Gasteiger partial charge in [0.25, 0.3) is 0 Å². The van der Waals surface area contributed by atoms with Gasteiger partial charge in [-0.25, -0.2) is 17.7 Å². The van der Waals surface area contributed by atoms with Crippen LogP contribution in [0.3, 0.4) is 0 Å². The molecular formula is C20H23BrClN3O5S2. The summed E-state index contributed by atoms with van der Waals surface area (Å²) < 4.78 is 37.5. The van der Waals surface area contributed by atoms with Gasteiger partial charge in [0.2, 0.25) is 10.0 Å². The Morgan fingerprint density at radius 1 is 1.16 bits per heavy atom. The van der Waals surface area contributed by atoms with E-state index in [1.165, 1.54) is 38.0 Å². The minimum Gasteiger partial charge on any atom is -0.486 e. The average Bonchev–Trinajstić information content (AvgIpc) is 3.03. The van der Waals surface area contributed by atoms with Crippen LogP contribution in [0.1, 0.15) is 5.56 Å². The van der Waals surface area contributed by atoms with Gasteiger partial charge in [0.15, 0.2) is 22.4 Å². The Morgan fingerprint density at radius 2 is 1.84 bits per heavy atom. The number of ether oxygens (including phenoxy) is 2. The Labute approximate surface area is 207 Å². The molecule has 1 N–H and O–H groups in total. The third kappa shape index (κ3) is 4.46. The number of amidine groups is 1. The average molecular weight is 565 g/mol. The minimum atomic E-state index is -3.77. The smallest absolute Gasteiger partial charge is 0.244 e. The molecule has 0 saturated carbocycles. The molecule has 32 heavy (non-hydrogen) atoms. The van der Waals surface area contributed by atoms with Crippen LogP contribution in [0.25, 0.3) is 0 Å². The molecule has 2 aliphatic rings. The largest absolute Gasteiger partial charge is 0.486 e. The summed E-state index contributed by atoms with van der Waals surface area (Å²) in [5, 5.41) is 12.1. The fraction of sp³-hybridized carbons (Fsp3) is 0.350. The molecule has 0 aliphatic carbocycles. The molecule has 1 fully saturated rings. The Kier molecular flexibility index (Phi) is 7.38. The van der Waals surface area contributed by atoms with Gasteiger partial charge in [-0.1, -0.05) is 29.4 Å². The summed E-state index contributed by atoms with van der Waals surface area (Å²) >= 11 is 7.52. The number of thioether (sulfide) groups is 1. The quantitative estimate of drug-likeness (QED) is 0.608. The molecule has 0 amide bonds. The van der Waals surface area contributed by atoms with E-state index in [4.69, 9.17) is 21.1 Å². The van der Waals surface area contributed by atoms with E-state index in [0.29, 0.717) is 41.1 Å². The Morgan fingerprint density at radius 3 is 2.53 bits per heavy atom. The number of sulfonamides is 1. The second-order valence-corrected chi connectivity index (χ2v) is 10.8. The summed E-state index contributed by atoms with van der Waals surface area (Å²) in [6.07, 6.45) is 0. The van der Waals surface area contributed by atoms with Gasteiger partial charge >= 0.3 is 0 Å². The molecule has 0 bridgehead atoms. The number of benzene rings is 2. The summed E-state index contributed by atoms with van der Waals surface area (Å²) in [5.41, 5.74) is -0.368. The van der Waals surface area contributed by atoms with Crippen molar-refractivity contribution in [2.24, 2.45) is 4.99 Å². The van der Waals surface area contributed by atoms with Crippen LogP contribution in [0.4, 0.5) is 5.69 Å². The monoisotopic (exact) mass is 563 g/mol. The highest BCUT2D eigenvalue weighted by Gasteiger charge is 2.43. The number of halogens is 2. The summed E-state index contributed by atoms with van der Waals surface area (Å²) in [5.74, 6) is 1.58. The lowest BCUT2D eigenvalue weighted by atomic mass is 10.0. The summed E-state index contributed by atoms with van der Waals surface area (Å²) in [4.78, 5) is 6.22. The number of rotatable bonds is 4. The Bertz CT molecular complexity index is 1160. The molecule has 8 nitrogen and oxygen atoms in total. The van der Waals surface area contributed by atoms with E-state index >= 15 is 0 Å². The Balaban J connectivity index is 0.00000289. The molecule has 174 valence electrons.